The Morgan fingerprint density at radius 1 is 1.25 bits per heavy atom. The molecule has 1 saturated heterocycles. The standard InChI is InChI=1S/C18H22N6/c1-22(2)18-16-6-4-9-23(16)13-15(21-18)14-5-3-10-24(12-14)17-11-19-7-8-20-17/h4,6-9,11,13-14H,3,5,10,12H2,1-2H3. The van der Waals surface area contributed by atoms with Crippen LogP contribution in [0, 0.1) is 0 Å². The first-order chi connectivity index (χ1) is 11.7. The normalized spacial score (nSPS) is 18.1. The molecule has 1 unspecified atom stereocenters. The maximum absolute atomic E-state index is 4.97. The molecule has 0 amide bonds. The van der Waals surface area contributed by atoms with Gasteiger partial charge in [0, 0.05) is 57.9 Å². The van der Waals surface area contributed by atoms with Crippen molar-refractivity contribution in [1.29, 1.82) is 0 Å². The highest BCUT2D eigenvalue weighted by Gasteiger charge is 2.24. The molecule has 3 aromatic heterocycles. The van der Waals surface area contributed by atoms with Crippen molar-refractivity contribution in [3.63, 3.8) is 0 Å². The van der Waals surface area contributed by atoms with E-state index in [9.17, 15) is 0 Å². The van der Waals surface area contributed by atoms with E-state index in [1.165, 1.54) is 0 Å². The zero-order valence-electron chi connectivity index (χ0n) is 14.1. The van der Waals surface area contributed by atoms with Gasteiger partial charge >= 0.3 is 0 Å². The van der Waals surface area contributed by atoms with Gasteiger partial charge in [-0.05, 0) is 25.0 Å². The number of anilines is 2. The summed E-state index contributed by atoms with van der Waals surface area (Å²) < 4.78 is 2.18. The molecule has 0 spiro atoms. The highest BCUT2D eigenvalue weighted by atomic mass is 15.2. The number of hydrogen-bond acceptors (Lipinski definition) is 5. The van der Waals surface area contributed by atoms with Crippen LogP contribution in [0.1, 0.15) is 24.5 Å². The van der Waals surface area contributed by atoms with E-state index in [4.69, 9.17) is 4.98 Å². The fourth-order valence-electron chi connectivity index (χ4n) is 3.45. The van der Waals surface area contributed by atoms with Crippen molar-refractivity contribution in [2.75, 3.05) is 37.0 Å². The number of rotatable bonds is 3. The lowest BCUT2D eigenvalue weighted by molar-refractivity contribution is 0.497. The van der Waals surface area contributed by atoms with E-state index < -0.39 is 0 Å². The maximum atomic E-state index is 4.97. The average molecular weight is 322 g/mol. The largest absolute Gasteiger partial charge is 0.361 e. The fourth-order valence-corrected chi connectivity index (χ4v) is 3.45. The van der Waals surface area contributed by atoms with Gasteiger partial charge in [0.15, 0.2) is 5.82 Å². The third kappa shape index (κ3) is 2.68. The van der Waals surface area contributed by atoms with Crippen LogP contribution in [0.25, 0.3) is 5.52 Å². The van der Waals surface area contributed by atoms with E-state index in [0.717, 1.165) is 48.8 Å². The highest BCUT2D eigenvalue weighted by molar-refractivity contribution is 5.69. The minimum atomic E-state index is 0.409. The summed E-state index contributed by atoms with van der Waals surface area (Å²) in [6, 6.07) is 4.18. The molecular weight excluding hydrogens is 300 g/mol. The van der Waals surface area contributed by atoms with Crippen LogP contribution in [0.4, 0.5) is 11.6 Å². The summed E-state index contributed by atoms with van der Waals surface area (Å²) in [6.07, 6.45) is 11.9. The Morgan fingerprint density at radius 3 is 2.96 bits per heavy atom. The van der Waals surface area contributed by atoms with Crippen molar-refractivity contribution in [2.24, 2.45) is 0 Å². The summed E-state index contributed by atoms with van der Waals surface area (Å²) in [5.41, 5.74) is 2.29. The quantitative estimate of drug-likeness (QED) is 0.742. The Morgan fingerprint density at radius 2 is 2.17 bits per heavy atom. The minimum Gasteiger partial charge on any atom is -0.361 e. The number of nitrogens with zero attached hydrogens (tertiary/aromatic N) is 6. The molecule has 1 atom stereocenters. The van der Waals surface area contributed by atoms with Crippen LogP contribution in [0.3, 0.4) is 0 Å². The van der Waals surface area contributed by atoms with Crippen LogP contribution in [-0.4, -0.2) is 46.5 Å². The van der Waals surface area contributed by atoms with E-state index in [0.29, 0.717) is 5.92 Å². The Balaban J connectivity index is 1.67. The average Bonchev–Trinajstić information content (AvgIpc) is 3.10. The van der Waals surface area contributed by atoms with E-state index in [1.54, 1.807) is 12.4 Å². The number of hydrogen-bond donors (Lipinski definition) is 0. The zero-order chi connectivity index (χ0) is 16.5. The maximum Gasteiger partial charge on any atom is 0.152 e. The molecule has 4 rings (SSSR count). The molecule has 0 bridgehead atoms. The van der Waals surface area contributed by atoms with Crippen LogP contribution in [0.2, 0.25) is 0 Å². The van der Waals surface area contributed by atoms with Gasteiger partial charge in [0.2, 0.25) is 0 Å². The molecule has 124 valence electrons. The van der Waals surface area contributed by atoms with Gasteiger partial charge in [-0.3, -0.25) is 4.98 Å². The third-order valence-electron chi connectivity index (χ3n) is 4.65. The van der Waals surface area contributed by atoms with Crippen molar-refractivity contribution in [3.8, 4) is 0 Å². The summed E-state index contributed by atoms with van der Waals surface area (Å²) >= 11 is 0. The first-order valence-electron chi connectivity index (χ1n) is 8.38. The van der Waals surface area contributed by atoms with Crippen molar-refractivity contribution < 1.29 is 0 Å². The molecule has 0 saturated carbocycles. The number of fused-ring (bicyclic) bond motifs is 1. The number of piperidine rings is 1. The summed E-state index contributed by atoms with van der Waals surface area (Å²) in [5, 5.41) is 0. The van der Waals surface area contributed by atoms with Crippen molar-refractivity contribution in [3.05, 3.63) is 48.8 Å². The molecule has 0 aromatic carbocycles. The predicted octanol–water partition coefficient (Wildman–Crippen LogP) is 2.57. The van der Waals surface area contributed by atoms with Crippen molar-refractivity contribution in [2.45, 2.75) is 18.8 Å². The van der Waals surface area contributed by atoms with Crippen molar-refractivity contribution >= 4 is 17.2 Å². The lowest BCUT2D eigenvalue weighted by Gasteiger charge is -2.33. The second kappa shape index (κ2) is 6.11. The van der Waals surface area contributed by atoms with Crippen LogP contribution < -0.4 is 9.80 Å². The second-order valence-electron chi connectivity index (χ2n) is 6.53. The molecule has 1 fully saturated rings. The van der Waals surface area contributed by atoms with Gasteiger partial charge < -0.3 is 14.2 Å². The Kier molecular flexibility index (Phi) is 3.80. The van der Waals surface area contributed by atoms with Crippen LogP contribution in [0.15, 0.2) is 43.1 Å². The fraction of sp³-hybridized carbons (Fsp3) is 0.389. The van der Waals surface area contributed by atoms with Crippen LogP contribution in [-0.2, 0) is 0 Å². The van der Waals surface area contributed by atoms with E-state index in [1.807, 2.05) is 20.3 Å². The smallest absolute Gasteiger partial charge is 0.152 e. The van der Waals surface area contributed by atoms with Gasteiger partial charge in [-0.25, -0.2) is 9.97 Å². The molecule has 6 heteroatoms. The Hall–Kier alpha value is -2.63. The van der Waals surface area contributed by atoms with Crippen molar-refractivity contribution in [1.82, 2.24) is 19.4 Å². The number of aromatic nitrogens is 4. The Labute approximate surface area is 141 Å². The van der Waals surface area contributed by atoms with Gasteiger partial charge in [-0.1, -0.05) is 0 Å². The summed E-state index contributed by atoms with van der Waals surface area (Å²) in [5.74, 6) is 2.39. The van der Waals surface area contributed by atoms with Gasteiger partial charge in [-0.15, -0.1) is 0 Å². The first-order valence-corrected chi connectivity index (χ1v) is 8.38. The van der Waals surface area contributed by atoms with Gasteiger partial charge in [0.25, 0.3) is 0 Å². The van der Waals surface area contributed by atoms with E-state index >= 15 is 0 Å². The lowest BCUT2D eigenvalue weighted by atomic mass is 9.95. The second-order valence-corrected chi connectivity index (χ2v) is 6.53. The van der Waals surface area contributed by atoms with Gasteiger partial charge in [0.05, 0.1) is 17.4 Å². The SMILES string of the molecule is CN(C)c1nc(C2CCCN(c3cnccn3)C2)cn2cccc12. The minimum absolute atomic E-state index is 0.409. The lowest BCUT2D eigenvalue weighted by Crippen LogP contribution is -2.35. The molecule has 0 radical (unpaired) electrons. The Bertz CT molecular complexity index is 826. The zero-order valence-corrected chi connectivity index (χ0v) is 14.1. The monoisotopic (exact) mass is 322 g/mol. The summed E-state index contributed by atoms with van der Waals surface area (Å²) in [6.45, 7) is 1.97. The molecule has 3 aromatic rings. The topological polar surface area (TPSA) is 49.6 Å². The molecule has 24 heavy (non-hydrogen) atoms. The molecule has 0 N–H and O–H groups in total. The molecule has 1 aliphatic rings. The summed E-state index contributed by atoms with van der Waals surface area (Å²) in [4.78, 5) is 18.0. The predicted molar refractivity (Wildman–Crippen MR) is 95.7 cm³/mol. The first kappa shape index (κ1) is 14.9. The van der Waals surface area contributed by atoms with E-state index in [-0.39, 0.29) is 0 Å². The molecule has 0 aliphatic carbocycles. The van der Waals surface area contributed by atoms with Gasteiger partial charge in [-0.2, -0.15) is 0 Å². The third-order valence-corrected chi connectivity index (χ3v) is 4.65. The molecule has 6 nitrogen and oxygen atoms in total. The van der Waals surface area contributed by atoms with Crippen LogP contribution in [0.5, 0.6) is 0 Å². The van der Waals surface area contributed by atoms with E-state index in [2.05, 4.69) is 48.7 Å². The molecule has 1 aliphatic heterocycles. The van der Waals surface area contributed by atoms with Crippen LogP contribution >= 0.6 is 0 Å². The summed E-state index contributed by atoms with van der Waals surface area (Å²) in [7, 11) is 4.09. The van der Waals surface area contributed by atoms with Gasteiger partial charge in [0.1, 0.15) is 5.82 Å². The molecular formula is C18H22N6. The highest BCUT2D eigenvalue weighted by Crippen LogP contribution is 2.30. The molecule has 4 heterocycles.